The van der Waals surface area contributed by atoms with Crippen LogP contribution in [0.25, 0.3) is 11.0 Å². The molecule has 2 aromatic heterocycles. The van der Waals surface area contributed by atoms with Gasteiger partial charge in [0.2, 0.25) is 0 Å². The van der Waals surface area contributed by atoms with E-state index in [1.807, 2.05) is 0 Å². The second-order valence-electron chi connectivity index (χ2n) is 4.54. The fourth-order valence-electron chi connectivity index (χ4n) is 2.34. The van der Waals surface area contributed by atoms with E-state index in [-0.39, 0.29) is 12.1 Å². The molecular weight excluding hydrogens is 282 g/mol. The van der Waals surface area contributed by atoms with Crippen LogP contribution in [-0.2, 0) is 9.47 Å². The molecule has 0 bridgehead atoms. The van der Waals surface area contributed by atoms with Crippen LogP contribution in [0.15, 0.2) is 12.5 Å². The number of hydrogen-bond donors (Lipinski definition) is 3. The van der Waals surface area contributed by atoms with E-state index < -0.39 is 24.5 Å². The molecule has 10 nitrogen and oxygen atoms in total. The highest BCUT2D eigenvalue weighted by Crippen LogP contribution is 2.32. The zero-order chi connectivity index (χ0) is 14.3. The predicted octanol–water partition coefficient (Wildman–Crippen LogP) is -2.15. The van der Waals surface area contributed by atoms with Crippen LogP contribution in [0.1, 0.15) is 6.23 Å². The largest absolute Gasteiger partial charge is 0.412 e. The molecule has 10 heteroatoms. The first-order chi connectivity index (χ1) is 9.65. The van der Waals surface area contributed by atoms with Gasteiger partial charge >= 0.3 is 0 Å². The first kappa shape index (κ1) is 15.5. The minimum atomic E-state index is -0.939. The highest BCUT2D eigenvalue weighted by atomic mass is 16.6. The SMILES string of the molecule is CO[C@@H]1[C@H](O)[C@@H](CO)O[C@H]1n1cc2c(N)ncnc2n1.O. The molecule has 0 aliphatic carbocycles. The average Bonchev–Trinajstić information content (AvgIpc) is 3.00. The Balaban J connectivity index is 0.00000161. The van der Waals surface area contributed by atoms with Gasteiger partial charge < -0.3 is 30.9 Å². The molecule has 0 unspecified atom stereocenters. The summed E-state index contributed by atoms with van der Waals surface area (Å²) in [6, 6.07) is 0. The quantitative estimate of drug-likeness (QED) is 0.578. The molecule has 2 aromatic rings. The highest BCUT2D eigenvalue weighted by molar-refractivity contribution is 5.84. The van der Waals surface area contributed by atoms with E-state index in [1.165, 1.54) is 18.1 Å². The average molecular weight is 299 g/mol. The number of fused-ring (bicyclic) bond motifs is 1. The number of methoxy groups -OCH3 is 1. The van der Waals surface area contributed by atoms with Crippen LogP contribution in [0.5, 0.6) is 0 Å². The Hall–Kier alpha value is -1.85. The number of anilines is 1. The van der Waals surface area contributed by atoms with Gasteiger partial charge in [-0.1, -0.05) is 0 Å². The fourth-order valence-corrected chi connectivity index (χ4v) is 2.34. The standard InChI is InChI=1S/C11H15N5O4.H2O/c1-19-8-7(18)6(3-17)20-11(8)16-2-5-9(12)13-4-14-10(5)15-16;/h2,4,6-8,11,17-18H,3H2,1H3,(H2,12,13,14,15);1H2/t6-,7-,8-,11-;/m1./s1. The zero-order valence-electron chi connectivity index (χ0n) is 11.2. The van der Waals surface area contributed by atoms with Crippen molar-refractivity contribution in [3.05, 3.63) is 12.5 Å². The number of rotatable bonds is 3. The Morgan fingerprint density at radius 1 is 1.48 bits per heavy atom. The van der Waals surface area contributed by atoms with Crippen LogP contribution in [0.2, 0.25) is 0 Å². The maximum Gasteiger partial charge on any atom is 0.186 e. The third kappa shape index (κ3) is 2.43. The van der Waals surface area contributed by atoms with Gasteiger partial charge in [0, 0.05) is 13.3 Å². The summed E-state index contributed by atoms with van der Waals surface area (Å²) in [6.07, 6.45) is -0.0137. The molecule has 0 amide bonds. The lowest BCUT2D eigenvalue weighted by molar-refractivity contribution is -0.0660. The van der Waals surface area contributed by atoms with Crippen molar-refractivity contribution in [1.29, 1.82) is 0 Å². The molecule has 3 heterocycles. The predicted molar refractivity (Wildman–Crippen MR) is 71.1 cm³/mol. The van der Waals surface area contributed by atoms with Crippen molar-refractivity contribution in [2.75, 3.05) is 19.5 Å². The Kier molecular flexibility index (Phi) is 4.34. The van der Waals surface area contributed by atoms with Crippen LogP contribution in [0.3, 0.4) is 0 Å². The summed E-state index contributed by atoms with van der Waals surface area (Å²) in [4.78, 5) is 7.90. The molecule has 4 atom stereocenters. The van der Waals surface area contributed by atoms with Crippen molar-refractivity contribution in [2.45, 2.75) is 24.5 Å². The van der Waals surface area contributed by atoms with Gasteiger partial charge in [0.25, 0.3) is 0 Å². The lowest BCUT2D eigenvalue weighted by atomic mass is 10.1. The molecule has 0 saturated carbocycles. The van der Waals surface area contributed by atoms with E-state index >= 15 is 0 Å². The molecular formula is C11H17N5O5. The second-order valence-corrected chi connectivity index (χ2v) is 4.54. The smallest absolute Gasteiger partial charge is 0.186 e. The Bertz CT molecular complexity index is 620. The van der Waals surface area contributed by atoms with Gasteiger partial charge in [-0.05, 0) is 0 Å². The van der Waals surface area contributed by atoms with E-state index in [4.69, 9.17) is 15.2 Å². The maximum atomic E-state index is 10.0. The van der Waals surface area contributed by atoms with Crippen molar-refractivity contribution in [2.24, 2.45) is 0 Å². The molecule has 1 aliphatic heterocycles. The van der Waals surface area contributed by atoms with Gasteiger partial charge in [0.15, 0.2) is 11.9 Å². The summed E-state index contributed by atoms with van der Waals surface area (Å²) >= 11 is 0. The Labute approximate surface area is 119 Å². The van der Waals surface area contributed by atoms with Crippen molar-refractivity contribution >= 4 is 16.9 Å². The van der Waals surface area contributed by atoms with E-state index in [1.54, 1.807) is 6.20 Å². The van der Waals surface area contributed by atoms with Crippen molar-refractivity contribution in [3.8, 4) is 0 Å². The number of aromatic nitrogens is 4. The Morgan fingerprint density at radius 2 is 2.24 bits per heavy atom. The van der Waals surface area contributed by atoms with E-state index in [2.05, 4.69) is 15.1 Å². The summed E-state index contributed by atoms with van der Waals surface area (Å²) in [5.41, 5.74) is 6.18. The van der Waals surface area contributed by atoms with Gasteiger partial charge in [-0.25, -0.2) is 14.6 Å². The zero-order valence-corrected chi connectivity index (χ0v) is 11.2. The molecule has 1 fully saturated rings. The minimum absolute atomic E-state index is 0. The molecule has 1 aliphatic rings. The summed E-state index contributed by atoms with van der Waals surface area (Å²) in [7, 11) is 1.46. The number of aliphatic hydroxyl groups is 2. The van der Waals surface area contributed by atoms with Crippen LogP contribution >= 0.6 is 0 Å². The normalized spacial score (nSPS) is 28.7. The summed E-state index contributed by atoms with van der Waals surface area (Å²) in [6.45, 7) is -0.305. The monoisotopic (exact) mass is 299 g/mol. The van der Waals surface area contributed by atoms with Crippen molar-refractivity contribution < 1.29 is 25.2 Å². The second kappa shape index (κ2) is 5.87. The van der Waals surface area contributed by atoms with Crippen LogP contribution < -0.4 is 5.73 Å². The number of aliphatic hydroxyl groups excluding tert-OH is 2. The molecule has 3 rings (SSSR count). The van der Waals surface area contributed by atoms with Crippen LogP contribution in [0.4, 0.5) is 5.82 Å². The lowest BCUT2D eigenvalue weighted by Crippen LogP contribution is -2.34. The number of nitrogen functional groups attached to an aromatic ring is 1. The third-order valence-corrected chi connectivity index (χ3v) is 3.39. The molecule has 0 radical (unpaired) electrons. The fraction of sp³-hybridized carbons (Fsp3) is 0.545. The molecule has 0 aromatic carbocycles. The van der Waals surface area contributed by atoms with Crippen molar-refractivity contribution in [1.82, 2.24) is 19.7 Å². The van der Waals surface area contributed by atoms with E-state index in [9.17, 15) is 10.2 Å². The molecule has 21 heavy (non-hydrogen) atoms. The molecule has 116 valence electrons. The molecule has 6 N–H and O–H groups in total. The van der Waals surface area contributed by atoms with Crippen LogP contribution in [-0.4, -0.2) is 67.5 Å². The first-order valence-electron chi connectivity index (χ1n) is 6.08. The molecule has 1 saturated heterocycles. The number of hydrogen-bond acceptors (Lipinski definition) is 8. The molecule has 0 spiro atoms. The van der Waals surface area contributed by atoms with Gasteiger partial charge in [0.05, 0.1) is 12.0 Å². The number of ether oxygens (including phenoxy) is 2. The maximum absolute atomic E-state index is 10.0. The summed E-state index contributed by atoms with van der Waals surface area (Å²) < 4.78 is 12.3. The Morgan fingerprint density at radius 3 is 2.86 bits per heavy atom. The minimum Gasteiger partial charge on any atom is -0.412 e. The first-order valence-corrected chi connectivity index (χ1v) is 6.08. The lowest BCUT2D eigenvalue weighted by Gasteiger charge is -2.18. The summed E-state index contributed by atoms with van der Waals surface area (Å²) in [5, 5.41) is 24.0. The van der Waals surface area contributed by atoms with Crippen LogP contribution in [0, 0.1) is 0 Å². The van der Waals surface area contributed by atoms with Gasteiger partial charge in [-0.15, -0.1) is 5.10 Å². The summed E-state index contributed by atoms with van der Waals surface area (Å²) in [5.74, 6) is 0.312. The topological polar surface area (TPSA) is 160 Å². The van der Waals surface area contributed by atoms with Gasteiger partial charge in [0.1, 0.15) is 30.5 Å². The van der Waals surface area contributed by atoms with E-state index in [0.717, 1.165) is 0 Å². The number of nitrogens with two attached hydrogens (primary N) is 1. The highest BCUT2D eigenvalue weighted by Gasteiger charge is 2.45. The third-order valence-electron chi connectivity index (χ3n) is 3.39. The number of nitrogens with zero attached hydrogens (tertiary/aromatic N) is 4. The van der Waals surface area contributed by atoms with Gasteiger partial charge in [-0.2, -0.15) is 0 Å². The van der Waals surface area contributed by atoms with E-state index in [0.29, 0.717) is 16.9 Å². The van der Waals surface area contributed by atoms with Gasteiger partial charge in [-0.3, -0.25) is 0 Å². The van der Waals surface area contributed by atoms with Crippen molar-refractivity contribution in [3.63, 3.8) is 0 Å².